The number of carbonyl (C=O) groups excluding carboxylic acids is 2. The minimum atomic E-state index is -1.13. The Hall–Kier alpha value is -3.17. The highest BCUT2D eigenvalue weighted by atomic mass is 35.5. The number of aromatic hydroxyl groups is 1. The van der Waals surface area contributed by atoms with Crippen molar-refractivity contribution in [3.8, 4) is 5.75 Å². The zero-order valence-corrected chi connectivity index (χ0v) is 23.0. The summed E-state index contributed by atoms with van der Waals surface area (Å²) in [5.74, 6) is -0.663. The largest absolute Gasteiger partial charge is 0.508 e. The molecular weight excluding hydrogens is 521 g/mol. The van der Waals surface area contributed by atoms with Crippen molar-refractivity contribution in [3.05, 3.63) is 63.6 Å². The predicted molar refractivity (Wildman–Crippen MR) is 142 cm³/mol. The number of carbonyl (C=O) groups is 3. The first-order valence-electron chi connectivity index (χ1n) is 11.6. The third-order valence-electron chi connectivity index (χ3n) is 5.04. The third kappa shape index (κ3) is 10.0. The fourth-order valence-electron chi connectivity index (χ4n) is 3.70. The zero-order chi connectivity index (χ0) is 28.0. The summed E-state index contributed by atoms with van der Waals surface area (Å²) in [4.78, 5) is 38.7. The Labute approximate surface area is 226 Å². The van der Waals surface area contributed by atoms with Gasteiger partial charge in [0.2, 0.25) is 5.91 Å². The number of hydrogen-bond donors (Lipinski definition) is 4. The van der Waals surface area contributed by atoms with Crippen LogP contribution in [0, 0.1) is 0 Å². The predicted octanol–water partition coefficient (Wildman–Crippen LogP) is 5.73. The molecule has 0 aliphatic carbocycles. The van der Waals surface area contributed by atoms with E-state index in [-0.39, 0.29) is 40.9 Å². The molecule has 2 aromatic carbocycles. The summed E-state index contributed by atoms with van der Waals surface area (Å²) in [6.07, 6.45) is -2.19. The Balaban J connectivity index is 2.21. The number of halogens is 2. The third-order valence-corrected chi connectivity index (χ3v) is 5.67. The van der Waals surface area contributed by atoms with E-state index in [2.05, 4.69) is 10.6 Å². The van der Waals surface area contributed by atoms with Gasteiger partial charge < -0.3 is 30.5 Å². The van der Waals surface area contributed by atoms with Gasteiger partial charge in [-0.1, -0.05) is 53.5 Å². The van der Waals surface area contributed by atoms with Crippen LogP contribution < -0.4 is 10.6 Å². The summed E-state index contributed by atoms with van der Waals surface area (Å²) in [5, 5.41) is 25.1. The molecule has 2 aromatic rings. The molecule has 11 heteroatoms. The van der Waals surface area contributed by atoms with Gasteiger partial charge in [-0.05, 0) is 52.3 Å². The Morgan fingerprint density at radius 3 is 2.11 bits per heavy atom. The summed E-state index contributed by atoms with van der Waals surface area (Å²) in [7, 11) is 0. The van der Waals surface area contributed by atoms with Gasteiger partial charge >= 0.3 is 12.2 Å². The topological polar surface area (TPSA) is 128 Å². The van der Waals surface area contributed by atoms with Gasteiger partial charge in [-0.25, -0.2) is 9.59 Å². The summed E-state index contributed by atoms with van der Waals surface area (Å²) >= 11 is 12.6. The van der Waals surface area contributed by atoms with E-state index in [9.17, 15) is 24.6 Å². The van der Waals surface area contributed by atoms with Crippen LogP contribution in [0.25, 0.3) is 0 Å². The highest BCUT2D eigenvalue weighted by Gasteiger charge is 2.30. The fraction of sp³-hybridized carbons (Fsp3) is 0.423. The average Bonchev–Trinajstić information content (AvgIpc) is 2.71. The van der Waals surface area contributed by atoms with Gasteiger partial charge in [0.15, 0.2) is 0 Å². The van der Waals surface area contributed by atoms with Crippen molar-refractivity contribution < 1.29 is 29.3 Å². The van der Waals surface area contributed by atoms with Gasteiger partial charge in [0, 0.05) is 18.7 Å². The lowest BCUT2D eigenvalue weighted by molar-refractivity contribution is -0.123. The SMILES string of the molecule is CC(C)(CN(Cc1ccccc1)C(=O)O)NC(=O)CC(NC(=O)OC(C)(C)C)c1c(Cl)cc(O)cc1Cl. The average molecular weight is 554 g/mol. The first-order valence-corrected chi connectivity index (χ1v) is 12.3. The minimum Gasteiger partial charge on any atom is -0.508 e. The van der Waals surface area contributed by atoms with Crippen LogP contribution in [0.5, 0.6) is 5.75 Å². The van der Waals surface area contributed by atoms with Crippen molar-refractivity contribution in [2.75, 3.05) is 6.54 Å². The summed E-state index contributed by atoms with van der Waals surface area (Å²) < 4.78 is 5.32. The lowest BCUT2D eigenvalue weighted by Gasteiger charge is -2.33. The monoisotopic (exact) mass is 553 g/mol. The van der Waals surface area contributed by atoms with Gasteiger partial charge in [0.05, 0.1) is 28.0 Å². The van der Waals surface area contributed by atoms with E-state index in [0.29, 0.717) is 0 Å². The van der Waals surface area contributed by atoms with Crippen LogP contribution in [0.3, 0.4) is 0 Å². The molecule has 0 heterocycles. The number of carboxylic acid groups (broad SMARTS) is 1. The molecule has 0 spiro atoms. The van der Waals surface area contributed by atoms with Gasteiger partial charge in [-0.3, -0.25) is 4.79 Å². The molecular formula is C26H33Cl2N3O6. The molecule has 0 saturated heterocycles. The van der Waals surface area contributed by atoms with Crippen LogP contribution in [-0.4, -0.2) is 50.9 Å². The number of nitrogens with zero attached hydrogens (tertiary/aromatic N) is 1. The molecule has 0 fully saturated rings. The van der Waals surface area contributed by atoms with Crippen LogP contribution in [0.4, 0.5) is 9.59 Å². The molecule has 202 valence electrons. The lowest BCUT2D eigenvalue weighted by Crippen LogP contribution is -2.53. The lowest BCUT2D eigenvalue weighted by atomic mass is 10.00. The van der Waals surface area contributed by atoms with E-state index in [0.717, 1.165) is 5.56 Å². The molecule has 9 nitrogen and oxygen atoms in total. The van der Waals surface area contributed by atoms with Crippen molar-refractivity contribution in [3.63, 3.8) is 0 Å². The van der Waals surface area contributed by atoms with Crippen molar-refractivity contribution in [1.82, 2.24) is 15.5 Å². The van der Waals surface area contributed by atoms with Gasteiger partial charge in [0.25, 0.3) is 0 Å². The molecule has 0 aromatic heterocycles. The van der Waals surface area contributed by atoms with E-state index in [1.54, 1.807) is 34.6 Å². The van der Waals surface area contributed by atoms with Crippen molar-refractivity contribution in [1.29, 1.82) is 0 Å². The van der Waals surface area contributed by atoms with E-state index in [4.69, 9.17) is 27.9 Å². The smallest absolute Gasteiger partial charge is 0.408 e. The standard InChI is InChI=1S/C26H33Cl2N3O6/c1-25(2,3)37-23(34)29-20(22-18(27)11-17(32)12-19(22)28)13-21(33)30-26(4,5)15-31(24(35)36)14-16-9-7-6-8-10-16/h6-12,20,32H,13-15H2,1-5H3,(H,29,34)(H,30,33)(H,35,36). The van der Waals surface area contributed by atoms with Crippen molar-refractivity contribution in [2.24, 2.45) is 0 Å². The number of nitrogens with one attached hydrogen (secondary N) is 2. The van der Waals surface area contributed by atoms with Crippen LogP contribution in [0.2, 0.25) is 10.0 Å². The number of ether oxygens (including phenoxy) is 1. The van der Waals surface area contributed by atoms with E-state index >= 15 is 0 Å². The molecule has 0 aliphatic heterocycles. The zero-order valence-electron chi connectivity index (χ0n) is 21.5. The molecule has 37 heavy (non-hydrogen) atoms. The Morgan fingerprint density at radius 2 is 1.59 bits per heavy atom. The Kier molecular flexibility index (Phi) is 10.1. The second kappa shape index (κ2) is 12.4. The molecule has 2 rings (SSSR count). The quantitative estimate of drug-likeness (QED) is 0.314. The molecule has 0 saturated carbocycles. The normalized spacial score (nSPS) is 12.4. The van der Waals surface area contributed by atoms with Crippen LogP contribution in [0.1, 0.15) is 58.2 Å². The van der Waals surface area contributed by atoms with Crippen molar-refractivity contribution in [2.45, 2.75) is 64.8 Å². The number of rotatable bonds is 9. The maximum atomic E-state index is 13.1. The Morgan fingerprint density at radius 1 is 1.03 bits per heavy atom. The van der Waals surface area contributed by atoms with E-state index in [1.807, 2.05) is 30.3 Å². The van der Waals surface area contributed by atoms with Crippen LogP contribution in [-0.2, 0) is 16.1 Å². The summed E-state index contributed by atoms with van der Waals surface area (Å²) in [5.41, 5.74) is -0.703. The number of phenols is 1. The van der Waals surface area contributed by atoms with Gasteiger partial charge in [-0.2, -0.15) is 0 Å². The summed E-state index contributed by atoms with van der Waals surface area (Å²) in [6, 6.07) is 10.6. The molecule has 3 amide bonds. The second-order valence-corrected chi connectivity index (χ2v) is 11.1. The number of benzene rings is 2. The second-order valence-electron chi connectivity index (χ2n) is 10.3. The first-order chi connectivity index (χ1) is 17.1. The van der Waals surface area contributed by atoms with Gasteiger partial charge in [0.1, 0.15) is 11.4 Å². The maximum Gasteiger partial charge on any atom is 0.408 e. The molecule has 1 unspecified atom stereocenters. The number of alkyl carbamates (subject to hydrolysis) is 1. The summed E-state index contributed by atoms with van der Waals surface area (Å²) in [6.45, 7) is 8.64. The molecule has 4 N–H and O–H groups in total. The maximum absolute atomic E-state index is 13.1. The van der Waals surface area contributed by atoms with E-state index in [1.165, 1.54) is 17.0 Å². The number of amides is 3. The highest BCUT2D eigenvalue weighted by Crippen LogP contribution is 2.36. The van der Waals surface area contributed by atoms with Crippen molar-refractivity contribution >= 4 is 41.3 Å². The number of phenolic OH excluding ortho intramolecular Hbond substituents is 1. The van der Waals surface area contributed by atoms with Gasteiger partial charge in [-0.15, -0.1) is 0 Å². The molecule has 0 bridgehead atoms. The Bertz CT molecular complexity index is 1100. The minimum absolute atomic E-state index is 0.00779. The fourth-order valence-corrected chi connectivity index (χ4v) is 4.44. The first kappa shape index (κ1) is 30.1. The molecule has 0 aliphatic rings. The molecule has 0 radical (unpaired) electrons. The molecule has 1 atom stereocenters. The van der Waals surface area contributed by atoms with Crippen LogP contribution >= 0.6 is 23.2 Å². The highest BCUT2D eigenvalue weighted by molar-refractivity contribution is 6.36. The van der Waals surface area contributed by atoms with Crippen LogP contribution in [0.15, 0.2) is 42.5 Å². The number of hydrogen-bond acceptors (Lipinski definition) is 5. The van der Waals surface area contributed by atoms with E-state index < -0.39 is 35.3 Å².